The van der Waals surface area contributed by atoms with E-state index in [1.165, 1.54) is 64.2 Å². The number of aliphatic carboxylic acids is 1. The lowest BCUT2D eigenvalue weighted by Gasteiger charge is -2.63. The van der Waals surface area contributed by atoms with Crippen LogP contribution in [0, 0.1) is 5.92 Å². The second-order valence-corrected chi connectivity index (χ2v) is 19.1. The average Bonchev–Trinajstić information content (AvgIpc) is 3.02. The highest BCUT2D eigenvalue weighted by molar-refractivity contribution is 5.70. The maximum atomic E-state index is 13.9. The quantitative estimate of drug-likeness (QED) is 0.0659. The normalized spacial score (nSPS) is 21.3. The van der Waals surface area contributed by atoms with E-state index in [-0.39, 0.29) is 40.5 Å². The number of carboxylic acid groups (broad SMARTS) is 1. The summed E-state index contributed by atoms with van der Waals surface area (Å²) in [5.41, 5.74) is -1.75. The van der Waals surface area contributed by atoms with Crippen LogP contribution in [0.1, 0.15) is 223 Å². The van der Waals surface area contributed by atoms with Crippen molar-refractivity contribution in [1.82, 2.24) is 10.1 Å². The topological polar surface area (TPSA) is 88.5 Å². The predicted molar refractivity (Wildman–Crippen MR) is 214 cm³/mol. The molecule has 306 valence electrons. The SMILES string of the molecule is CCCCCCCCON1C(C)(C)CC(C2(OC(=O)CCCCCCCCC(=O)O)CC(C)(C)N(OCCCCCCCC)C(C)(C)C2)CC1(C)C. The molecule has 0 spiro atoms. The standard InChI is InChI=1S/C44H84N2O6/c1-11-13-15-17-23-27-31-50-45-40(3,4)33-37(34-41(45,5)6)44(52-39(49)30-26-22-20-19-21-25-29-38(47)48)35-42(7,8)46(43(9,10)36-44)51-32-28-24-18-16-14-12-2/h37H,11-36H2,1-10H3,(H,47,48). The first-order chi connectivity index (χ1) is 24.4. The van der Waals surface area contributed by atoms with Gasteiger partial charge in [0, 0.05) is 53.8 Å². The van der Waals surface area contributed by atoms with Crippen molar-refractivity contribution in [3.63, 3.8) is 0 Å². The smallest absolute Gasteiger partial charge is 0.306 e. The number of hydrogen-bond donors (Lipinski definition) is 1. The minimum absolute atomic E-state index is 0.0868. The molecule has 2 fully saturated rings. The molecule has 0 aliphatic carbocycles. The van der Waals surface area contributed by atoms with Gasteiger partial charge in [0.05, 0.1) is 13.2 Å². The summed E-state index contributed by atoms with van der Waals surface area (Å²) in [6, 6.07) is 0. The molecule has 8 heteroatoms. The van der Waals surface area contributed by atoms with E-state index in [2.05, 4.69) is 79.4 Å². The lowest BCUT2D eigenvalue weighted by molar-refractivity contribution is -0.329. The van der Waals surface area contributed by atoms with Crippen LogP contribution in [0.3, 0.4) is 0 Å². The molecule has 0 aromatic carbocycles. The van der Waals surface area contributed by atoms with Gasteiger partial charge in [0.2, 0.25) is 0 Å². The van der Waals surface area contributed by atoms with Gasteiger partial charge in [-0.2, -0.15) is 10.1 Å². The monoisotopic (exact) mass is 737 g/mol. The molecule has 2 saturated heterocycles. The third-order valence-electron chi connectivity index (χ3n) is 11.7. The highest BCUT2D eigenvalue weighted by Crippen LogP contribution is 2.55. The predicted octanol–water partition coefficient (Wildman–Crippen LogP) is 12.0. The maximum Gasteiger partial charge on any atom is 0.306 e. The number of hydroxylamine groups is 4. The number of carbonyl (C=O) groups excluding carboxylic acids is 1. The van der Waals surface area contributed by atoms with Crippen molar-refractivity contribution in [1.29, 1.82) is 0 Å². The second-order valence-electron chi connectivity index (χ2n) is 19.1. The molecule has 0 radical (unpaired) electrons. The van der Waals surface area contributed by atoms with Crippen LogP contribution >= 0.6 is 0 Å². The van der Waals surface area contributed by atoms with Crippen LogP contribution in [0.25, 0.3) is 0 Å². The zero-order chi connectivity index (χ0) is 38.9. The molecule has 0 saturated carbocycles. The summed E-state index contributed by atoms with van der Waals surface area (Å²) >= 11 is 0. The highest BCUT2D eigenvalue weighted by Gasteiger charge is 2.61. The van der Waals surface area contributed by atoms with Gasteiger partial charge < -0.3 is 9.84 Å². The number of piperidine rings is 2. The molecule has 0 amide bonds. The third-order valence-corrected chi connectivity index (χ3v) is 11.7. The largest absolute Gasteiger partial charge is 0.481 e. The summed E-state index contributed by atoms with van der Waals surface area (Å²) in [6.07, 6.45) is 24.2. The van der Waals surface area contributed by atoms with Crippen molar-refractivity contribution in [3.05, 3.63) is 0 Å². The van der Waals surface area contributed by atoms with Crippen LogP contribution in [-0.4, -0.2) is 68.1 Å². The van der Waals surface area contributed by atoms with Gasteiger partial charge in [-0.05, 0) is 93.9 Å². The Morgan fingerprint density at radius 2 is 0.904 bits per heavy atom. The Bertz CT molecular complexity index is 988. The van der Waals surface area contributed by atoms with E-state index in [9.17, 15) is 9.59 Å². The van der Waals surface area contributed by atoms with E-state index < -0.39 is 11.6 Å². The molecule has 0 atom stereocenters. The van der Waals surface area contributed by atoms with Gasteiger partial charge >= 0.3 is 11.9 Å². The van der Waals surface area contributed by atoms with E-state index in [0.29, 0.717) is 6.42 Å². The lowest BCUT2D eigenvalue weighted by atomic mass is 9.60. The number of carbonyl (C=O) groups is 2. The number of rotatable bonds is 27. The van der Waals surface area contributed by atoms with E-state index >= 15 is 0 Å². The molecule has 2 rings (SSSR count). The molecule has 0 aromatic heterocycles. The number of nitrogens with zero attached hydrogens (tertiary/aromatic N) is 2. The van der Waals surface area contributed by atoms with Crippen LogP contribution in [-0.2, 0) is 24.0 Å². The fourth-order valence-electron chi connectivity index (χ4n) is 9.88. The first kappa shape index (κ1) is 46.9. The minimum atomic E-state index is -0.726. The number of ether oxygens (including phenoxy) is 1. The van der Waals surface area contributed by atoms with Gasteiger partial charge in [-0.25, -0.2) is 0 Å². The number of esters is 1. The Morgan fingerprint density at radius 3 is 1.33 bits per heavy atom. The Morgan fingerprint density at radius 1 is 0.538 bits per heavy atom. The molecule has 0 unspecified atom stereocenters. The van der Waals surface area contributed by atoms with E-state index in [4.69, 9.17) is 19.5 Å². The minimum Gasteiger partial charge on any atom is -0.481 e. The lowest BCUT2D eigenvalue weighted by Crippen LogP contribution is -2.70. The molecule has 2 aliphatic heterocycles. The average molecular weight is 737 g/mol. The Labute approximate surface area is 320 Å². The fourth-order valence-corrected chi connectivity index (χ4v) is 9.88. The van der Waals surface area contributed by atoms with Crippen LogP contribution in [0.5, 0.6) is 0 Å². The van der Waals surface area contributed by atoms with Crippen LogP contribution in [0.15, 0.2) is 0 Å². The number of hydrogen-bond acceptors (Lipinski definition) is 7. The summed E-state index contributed by atoms with van der Waals surface area (Å²) in [6.45, 7) is 24.3. The van der Waals surface area contributed by atoms with Crippen molar-refractivity contribution in [2.24, 2.45) is 5.92 Å². The van der Waals surface area contributed by atoms with Crippen LogP contribution in [0.4, 0.5) is 0 Å². The molecule has 1 N–H and O–H groups in total. The summed E-state index contributed by atoms with van der Waals surface area (Å²) in [4.78, 5) is 38.0. The van der Waals surface area contributed by atoms with Gasteiger partial charge in [-0.1, -0.05) is 104 Å². The second kappa shape index (κ2) is 22.4. The third kappa shape index (κ3) is 15.5. The summed E-state index contributed by atoms with van der Waals surface area (Å²) in [7, 11) is 0. The number of unbranched alkanes of at least 4 members (excludes halogenated alkanes) is 15. The fraction of sp³-hybridized carbons (Fsp3) is 0.955. The van der Waals surface area contributed by atoms with Crippen molar-refractivity contribution < 1.29 is 29.1 Å². The molecule has 52 heavy (non-hydrogen) atoms. The van der Waals surface area contributed by atoms with Gasteiger partial charge in [0.25, 0.3) is 0 Å². The molecular weight excluding hydrogens is 652 g/mol. The van der Waals surface area contributed by atoms with Gasteiger partial charge in [-0.3, -0.25) is 19.3 Å². The van der Waals surface area contributed by atoms with Crippen molar-refractivity contribution in [2.75, 3.05) is 13.2 Å². The molecule has 2 aliphatic rings. The summed E-state index contributed by atoms with van der Waals surface area (Å²) in [5.74, 6) is -0.642. The first-order valence-corrected chi connectivity index (χ1v) is 21.7. The molecule has 0 aromatic rings. The number of carboxylic acids is 1. The van der Waals surface area contributed by atoms with E-state index in [1.54, 1.807) is 0 Å². The Kier molecular flexibility index (Phi) is 20.2. The Balaban J connectivity index is 2.21. The van der Waals surface area contributed by atoms with Crippen molar-refractivity contribution in [3.8, 4) is 0 Å². The summed E-state index contributed by atoms with van der Waals surface area (Å²) in [5, 5.41) is 13.4. The van der Waals surface area contributed by atoms with Gasteiger partial charge in [0.15, 0.2) is 0 Å². The van der Waals surface area contributed by atoms with Crippen molar-refractivity contribution >= 4 is 11.9 Å². The first-order valence-electron chi connectivity index (χ1n) is 21.7. The molecule has 8 nitrogen and oxygen atoms in total. The summed E-state index contributed by atoms with van der Waals surface area (Å²) < 4.78 is 6.91. The molecule has 2 heterocycles. The zero-order valence-corrected chi connectivity index (χ0v) is 35.8. The van der Waals surface area contributed by atoms with Gasteiger partial charge in [0.1, 0.15) is 5.60 Å². The van der Waals surface area contributed by atoms with E-state index in [0.717, 1.165) is 90.3 Å². The van der Waals surface area contributed by atoms with Crippen molar-refractivity contribution in [2.45, 2.75) is 251 Å². The molecular formula is C44H84N2O6. The van der Waals surface area contributed by atoms with Crippen LogP contribution < -0.4 is 0 Å². The zero-order valence-electron chi connectivity index (χ0n) is 35.8. The highest BCUT2D eigenvalue weighted by atomic mass is 16.7. The maximum absolute atomic E-state index is 13.9. The molecule has 0 bridgehead atoms. The van der Waals surface area contributed by atoms with Crippen LogP contribution in [0.2, 0.25) is 0 Å². The van der Waals surface area contributed by atoms with E-state index in [1.807, 2.05) is 0 Å². The van der Waals surface area contributed by atoms with Gasteiger partial charge in [-0.15, -0.1) is 0 Å². The Hall–Kier alpha value is -1.22.